The van der Waals surface area contributed by atoms with E-state index in [9.17, 15) is 4.79 Å². The van der Waals surface area contributed by atoms with E-state index in [2.05, 4.69) is 5.32 Å². The molecule has 3 N–H and O–H groups in total. The van der Waals surface area contributed by atoms with Gasteiger partial charge in [0.05, 0.1) is 12.7 Å². The van der Waals surface area contributed by atoms with Gasteiger partial charge in [-0.2, -0.15) is 0 Å². The summed E-state index contributed by atoms with van der Waals surface area (Å²) in [6.07, 6.45) is 6.61. The second kappa shape index (κ2) is 5.80. The van der Waals surface area contributed by atoms with Gasteiger partial charge in [0.25, 0.3) is 0 Å². The van der Waals surface area contributed by atoms with Crippen molar-refractivity contribution in [3.63, 3.8) is 0 Å². The van der Waals surface area contributed by atoms with E-state index in [0.717, 1.165) is 12.8 Å². The molecule has 0 aromatic heterocycles. The van der Waals surface area contributed by atoms with Crippen LogP contribution in [-0.4, -0.2) is 25.3 Å². The number of hydrogen-bond donors (Lipinski definition) is 2. The average Bonchev–Trinajstić information content (AvgIpc) is 2.14. The number of rotatable bonds is 4. The van der Waals surface area contributed by atoms with Gasteiger partial charge in [-0.25, -0.2) is 4.79 Å². The van der Waals surface area contributed by atoms with Crippen LogP contribution >= 0.6 is 0 Å². The van der Waals surface area contributed by atoms with Crippen molar-refractivity contribution in [2.24, 2.45) is 5.73 Å². The van der Waals surface area contributed by atoms with E-state index in [-0.39, 0.29) is 0 Å². The summed E-state index contributed by atoms with van der Waals surface area (Å²) in [6.45, 7) is 1.10. The minimum Gasteiger partial charge on any atom is -0.376 e. The van der Waals surface area contributed by atoms with Gasteiger partial charge in [-0.3, -0.25) is 0 Å². The molecule has 0 bridgehead atoms. The summed E-state index contributed by atoms with van der Waals surface area (Å²) in [5.74, 6) is 0. The third kappa shape index (κ3) is 4.72. The quantitative estimate of drug-likeness (QED) is 0.643. The molecule has 0 saturated heterocycles. The molecular formula is C9H18N2O2. The first-order valence-electron chi connectivity index (χ1n) is 4.94. The van der Waals surface area contributed by atoms with Crippen molar-refractivity contribution in [3.8, 4) is 0 Å². The fraction of sp³-hybridized carbons (Fsp3) is 0.889. The van der Waals surface area contributed by atoms with E-state index < -0.39 is 6.03 Å². The highest BCUT2D eigenvalue weighted by atomic mass is 16.5. The molecular weight excluding hydrogens is 168 g/mol. The number of amides is 2. The standard InChI is InChI=1S/C9H18N2O2/c10-9(12)11-6-7-13-8-4-2-1-3-5-8/h8H,1-7H2,(H3,10,11,12). The SMILES string of the molecule is NC(=O)NCCOC1CCCCC1. The molecule has 2 amide bonds. The average molecular weight is 186 g/mol. The van der Waals surface area contributed by atoms with Gasteiger partial charge in [0.2, 0.25) is 0 Å². The smallest absolute Gasteiger partial charge is 0.312 e. The lowest BCUT2D eigenvalue weighted by molar-refractivity contribution is 0.0312. The van der Waals surface area contributed by atoms with Crippen LogP contribution in [0.4, 0.5) is 4.79 Å². The number of nitrogens with one attached hydrogen (secondary N) is 1. The Morgan fingerprint density at radius 3 is 2.69 bits per heavy atom. The Morgan fingerprint density at radius 1 is 1.38 bits per heavy atom. The van der Waals surface area contributed by atoms with Crippen LogP contribution in [0, 0.1) is 0 Å². The summed E-state index contributed by atoms with van der Waals surface area (Å²) in [4.78, 5) is 10.3. The monoisotopic (exact) mass is 186 g/mol. The van der Waals surface area contributed by atoms with Gasteiger partial charge >= 0.3 is 6.03 Å². The maximum absolute atomic E-state index is 10.3. The van der Waals surface area contributed by atoms with Crippen LogP contribution in [0.5, 0.6) is 0 Å². The Morgan fingerprint density at radius 2 is 2.08 bits per heavy atom. The molecule has 1 aliphatic rings. The Bertz CT molecular complexity index is 156. The van der Waals surface area contributed by atoms with Gasteiger partial charge in [-0.1, -0.05) is 19.3 Å². The van der Waals surface area contributed by atoms with E-state index in [0.29, 0.717) is 19.3 Å². The molecule has 0 radical (unpaired) electrons. The van der Waals surface area contributed by atoms with Crippen molar-refractivity contribution in [1.29, 1.82) is 0 Å². The molecule has 1 saturated carbocycles. The summed E-state index contributed by atoms with van der Waals surface area (Å²) < 4.78 is 5.56. The van der Waals surface area contributed by atoms with Gasteiger partial charge in [0.1, 0.15) is 0 Å². The molecule has 0 heterocycles. The van der Waals surface area contributed by atoms with Crippen molar-refractivity contribution < 1.29 is 9.53 Å². The molecule has 0 unspecified atom stereocenters. The first kappa shape index (κ1) is 10.3. The molecule has 4 nitrogen and oxygen atoms in total. The third-order valence-electron chi connectivity index (χ3n) is 2.31. The number of ether oxygens (including phenoxy) is 1. The topological polar surface area (TPSA) is 64.4 Å². The van der Waals surface area contributed by atoms with Crippen molar-refractivity contribution in [1.82, 2.24) is 5.32 Å². The van der Waals surface area contributed by atoms with Crippen LogP contribution in [0.3, 0.4) is 0 Å². The second-order valence-corrected chi connectivity index (χ2v) is 3.42. The van der Waals surface area contributed by atoms with Crippen LogP contribution < -0.4 is 11.1 Å². The van der Waals surface area contributed by atoms with Crippen molar-refractivity contribution in [2.75, 3.05) is 13.2 Å². The molecule has 0 atom stereocenters. The Hall–Kier alpha value is -0.770. The molecule has 0 aromatic carbocycles. The Labute approximate surface area is 78.8 Å². The number of nitrogens with two attached hydrogens (primary N) is 1. The van der Waals surface area contributed by atoms with Crippen molar-refractivity contribution in [2.45, 2.75) is 38.2 Å². The number of carbonyl (C=O) groups is 1. The third-order valence-corrected chi connectivity index (χ3v) is 2.31. The minimum absolute atomic E-state index is 0.406. The van der Waals surface area contributed by atoms with Gasteiger partial charge < -0.3 is 15.8 Å². The molecule has 4 heteroatoms. The predicted molar refractivity (Wildman–Crippen MR) is 50.4 cm³/mol. The Balaban J connectivity index is 1.95. The molecule has 1 aliphatic carbocycles. The lowest BCUT2D eigenvalue weighted by Gasteiger charge is -2.21. The summed E-state index contributed by atoms with van der Waals surface area (Å²) in [5, 5.41) is 2.50. The highest BCUT2D eigenvalue weighted by molar-refractivity contribution is 5.71. The van der Waals surface area contributed by atoms with E-state index in [1.54, 1.807) is 0 Å². The summed E-state index contributed by atoms with van der Waals surface area (Å²) in [5.41, 5.74) is 4.91. The molecule has 0 spiro atoms. The van der Waals surface area contributed by atoms with Gasteiger partial charge in [-0.05, 0) is 12.8 Å². The van der Waals surface area contributed by atoms with Gasteiger partial charge in [-0.15, -0.1) is 0 Å². The van der Waals surface area contributed by atoms with Crippen molar-refractivity contribution in [3.05, 3.63) is 0 Å². The molecule has 13 heavy (non-hydrogen) atoms. The van der Waals surface area contributed by atoms with Crippen LogP contribution in [0.25, 0.3) is 0 Å². The lowest BCUT2D eigenvalue weighted by Crippen LogP contribution is -2.33. The first-order valence-corrected chi connectivity index (χ1v) is 4.94. The summed E-state index contributed by atoms with van der Waals surface area (Å²) in [7, 11) is 0. The van der Waals surface area contributed by atoms with Crippen LogP contribution in [-0.2, 0) is 4.74 Å². The molecule has 0 aliphatic heterocycles. The lowest BCUT2D eigenvalue weighted by atomic mass is 9.98. The van der Waals surface area contributed by atoms with E-state index in [4.69, 9.17) is 10.5 Å². The summed E-state index contributed by atoms with van der Waals surface area (Å²) >= 11 is 0. The zero-order valence-electron chi connectivity index (χ0n) is 7.92. The van der Waals surface area contributed by atoms with Crippen LogP contribution in [0.1, 0.15) is 32.1 Å². The minimum atomic E-state index is -0.479. The number of carbonyl (C=O) groups excluding carboxylic acids is 1. The van der Waals surface area contributed by atoms with E-state index in [1.165, 1.54) is 19.3 Å². The molecule has 1 fully saturated rings. The fourth-order valence-corrected chi connectivity index (χ4v) is 1.63. The van der Waals surface area contributed by atoms with Crippen LogP contribution in [0.2, 0.25) is 0 Å². The highest BCUT2D eigenvalue weighted by Crippen LogP contribution is 2.19. The first-order chi connectivity index (χ1) is 6.29. The molecule has 76 valence electrons. The number of hydrogen-bond acceptors (Lipinski definition) is 2. The Kier molecular flexibility index (Phi) is 4.60. The number of urea groups is 1. The largest absolute Gasteiger partial charge is 0.376 e. The van der Waals surface area contributed by atoms with E-state index >= 15 is 0 Å². The van der Waals surface area contributed by atoms with Gasteiger partial charge in [0, 0.05) is 6.54 Å². The zero-order valence-corrected chi connectivity index (χ0v) is 7.92. The fourth-order valence-electron chi connectivity index (χ4n) is 1.63. The highest BCUT2D eigenvalue weighted by Gasteiger charge is 2.12. The maximum atomic E-state index is 10.3. The zero-order chi connectivity index (χ0) is 9.52. The molecule has 0 aromatic rings. The van der Waals surface area contributed by atoms with Crippen molar-refractivity contribution >= 4 is 6.03 Å². The van der Waals surface area contributed by atoms with E-state index in [1.807, 2.05) is 0 Å². The predicted octanol–water partition coefficient (Wildman–Crippen LogP) is 1.00. The van der Waals surface area contributed by atoms with Crippen LogP contribution in [0.15, 0.2) is 0 Å². The van der Waals surface area contributed by atoms with Gasteiger partial charge in [0.15, 0.2) is 0 Å². The maximum Gasteiger partial charge on any atom is 0.312 e. The second-order valence-electron chi connectivity index (χ2n) is 3.42. The summed E-state index contributed by atoms with van der Waals surface area (Å²) in [6, 6.07) is -0.479. The molecule has 1 rings (SSSR count). The number of primary amides is 1. The normalized spacial score (nSPS) is 18.5.